The molecule has 3 aromatic carbocycles. The molecule has 5 heteroatoms. The van der Waals surface area contributed by atoms with Crippen LogP contribution < -0.4 is 15.0 Å². The number of ether oxygens (including phenoxy) is 1. The second-order valence-corrected chi connectivity index (χ2v) is 8.80. The molecule has 1 heterocycles. The van der Waals surface area contributed by atoms with Crippen LogP contribution in [0.25, 0.3) is 11.1 Å². The van der Waals surface area contributed by atoms with E-state index in [1.165, 1.54) is 22.3 Å². The zero-order valence-corrected chi connectivity index (χ0v) is 19.4. The molecule has 1 aliphatic carbocycles. The van der Waals surface area contributed by atoms with Gasteiger partial charge in [-0.05, 0) is 59.4 Å². The summed E-state index contributed by atoms with van der Waals surface area (Å²) < 4.78 is 5.54. The minimum atomic E-state index is 0.00719. The monoisotopic (exact) mass is 441 g/mol. The predicted octanol–water partition coefficient (Wildman–Crippen LogP) is 4.55. The molecular weight excluding hydrogens is 410 g/mol. The number of carbonyl (C=O) groups excluding carboxylic acids is 1. The number of nitrogens with one attached hydrogen (secondary N) is 1. The summed E-state index contributed by atoms with van der Waals surface area (Å²) in [5, 5.41) is 3.29. The fraction of sp³-hybridized carbons (Fsp3) is 0.321. The minimum absolute atomic E-state index is 0.00719. The van der Waals surface area contributed by atoms with E-state index in [-0.39, 0.29) is 12.1 Å². The van der Waals surface area contributed by atoms with E-state index >= 15 is 0 Å². The fourth-order valence-electron chi connectivity index (χ4n) is 5.14. The van der Waals surface area contributed by atoms with Gasteiger partial charge in [0.25, 0.3) is 5.91 Å². The lowest BCUT2D eigenvalue weighted by molar-refractivity contribution is 0.0832. The zero-order valence-electron chi connectivity index (χ0n) is 19.4. The highest BCUT2D eigenvalue weighted by Crippen LogP contribution is 2.36. The average molecular weight is 442 g/mol. The van der Waals surface area contributed by atoms with Crippen LogP contribution in [0.1, 0.15) is 34.8 Å². The van der Waals surface area contributed by atoms with Gasteiger partial charge in [0.05, 0.1) is 19.0 Å². The van der Waals surface area contributed by atoms with E-state index in [9.17, 15) is 4.79 Å². The van der Waals surface area contributed by atoms with Crippen LogP contribution in [0.15, 0.2) is 66.7 Å². The fourth-order valence-corrected chi connectivity index (χ4v) is 5.14. The normalized spacial score (nSPS) is 16.1. The number of fused-ring (bicyclic) bond motifs is 3. The molecule has 0 saturated carbocycles. The van der Waals surface area contributed by atoms with Crippen molar-refractivity contribution in [1.29, 1.82) is 0 Å². The molecule has 1 saturated heterocycles. The van der Waals surface area contributed by atoms with Crippen molar-refractivity contribution in [2.45, 2.75) is 25.9 Å². The van der Waals surface area contributed by atoms with E-state index in [0.29, 0.717) is 0 Å². The number of nitrogens with zero attached hydrogens (tertiary/aromatic N) is 2. The third kappa shape index (κ3) is 4.21. The van der Waals surface area contributed by atoms with Gasteiger partial charge in [0.2, 0.25) is 0 Å². The van der Waals surface area contributed by atoms with Gasteiger partial charge in [0.1, 0.15) is 5.75 Å². The lowest BCUT2D eigenvalue weighted by Gasteiger charge is -2.40. The third-order valence-corrected chi connectivity index (χ3v) is 6.92. The van der Waals surface area contributed by atoms with Crippen molar-refractivity contribution in [3.8, 4) is 16.9 Å². The number of methoxy groups -OCH3 is 1. The Kier molecular flexibility index (Phi) is 6.05. The molecule has 0 radical (unpaired) electrons. The number of para-hydroxylation sites is 2. The zero-order chi connectivity index (χ0) is 22.8. The van der Waals surface area contributed by atoms with Gasteiger partial charge in [-0.2, -0.15) is 0 Å². The molecule has 1 N–H and O–H groups in total. The molecule has 170 valence electrons. The third-order valence-electron chi connectivity index (χ3n) is 6.92. The van der Waals surface area contributed by atoms with Gasteiger partial charge >= 0.3 is 0 Å². The first-order chi connectivity index (χ1) is 16.2. The van der Waals surface area contributed by atoms with Crippen LogP contribution in [0.2, 0.25) is 0 Å². The minimum Gasteiger partial charge on any atom is -0.495 e. The van der Waals surface area contributed by atoms with Gasteiger partial charge in [0.15, 0.2) is 0 Å². The van der Waals surface area contributed by atoms with Crippen molar-refractivity contribution in [2.75, 3.05) is 38.2 Å². The molecule has 1 aliphatic heterocycles. The maximum absolute atomic E-state index is 13.1. The van der Waals surface area contributed by atoms with Gasteiger partial charge in [0, 0.05) is 31.7 Å². The lowest BCUT2D eigenvalue weighted by atomic mass is 10.0. The molecule has 1 amide bonds. The summed E-state index contributed by atoms with van der Waals surface area (Å²) in [5.41, 5.74) is 7.00. The lowest BCUT2D eigenvalue weighted by Crippen LogP contribution is -2.55. The van der Waals surface area contributed by atoms with Gasteiger partial charge in [-0.1, -0.05) is 49.4 Å². The SMILES string of the molecule is CCC(NC(=O)c1ccc2c(c1)Cc1ccccc1-2)N1CCN(c2ccccc2OC)CC1. The molecular formula is C28H31N3O2. The number of anilines is 1. The number of rotatable bonds is 6. The quantitative estimate of drug-likeness (QED) is 0.477. The molecule has 1 fully saturated rings. The Morgan fingerprint density at radius 1 is 0.939 bits per heavy atom. The highest BCUT2D eigenvalue weighted by molar-refractivity contribution is 5.96. The van der Waals surface area contributed by atoms with Crippen molar-refractivity contribution < 1.29 is 9.53 Å². The van der Waals surface area contributed by atoms with E-state index in [1.54, 1.807) is 7.11 Å². The van der Waals surface area contributed by atoms with Gasteiger partial charge in [-0.15, -0.1) is 0 Å². The van der Waals surface area contributed by atoms with Crippen LogP contribution in [0.5, 0.6) is 5.75 Å². The maximum Gasteiger partial charge on any atom is 0.252 e. The van der Waals surface area contributed by atoms with Crippen molar-refractivity contribution >= 4 is 11.6 Å². The molecule has 1 unspecified atom stereocenters. The Morgan fingerprint density at radius 2 is 1.67 bits per heavy atom. The van der Waals surface area contributed by atoms with E-state index in [2.05, 4.69) is 70.6 Å². The van der Waals surface area contributed by atoms with E-state index < -0.39 is 0 Å². The smallest absolute Gasteiger partial charge is 0.252 e. The van der Waals surface area contributed by atoms with Crippen molar-refractivity contribution in [2.24, 2.45) is 0 Å². The van der Waals surface area contributed by atoms with Gasteiger partial charge < -0.3 is 15.0 Å². The van der Waals surface area contributed by atoms with Crippen molar-refractivity contribution in [3.05, 3.63) is 83.4 Å². The first kappa shape index (κ1) is 21.5. The Balaban J connectivity index is 1.23. The summed E-state index contributed by atoms with van der Waals surface area (Å²) >= 11 is 0. The summed E-state index contributed by atoms with van der Waals surface area (Å²) in [6.45, 7) is 5.75. The summed E-state index contributed by atoms with van der Waals surface area (Å²) in [6.07, 6.45) is 1.80. The van der Waals surface area contributed by atoms with Crippen molar-refractivity contribution in [3.63, 3.8) is 0 Å². The first-order valence-corrected chi connectivity index (χ1v) is 11.8. The number of hydrogen-bond donors (Lipinski definition) is 1. The van der Waals surface area contributed by atoms with Crippen LogP contribution >= 0.6 is 0 Å². The summed E-state index contributed by atoms with van der Waals surface area (Å²) in [6, 6.07) is 22.8. The largest absolute Gasteiger partial charge is 0.495 e. The van der Waals surface area contributed by atoms with Crippen molar-refractivity contribution in [1.82, 2.24) is 10.2 Å². The Morgan fingerprint density at radius 3 is 2.45 bits per heavy atom. The van der Waals surface area contributed by atoms with E-state index in [0.717, 1.165) is 56.0 Å². The maximum atomic E-state index is 13.1. The molecule has 5 rings (SSSR count). The Labute approximate surface area is 196 Å². The molecule has 0 spiro atoms. The van der Waals surface area contributed by atoms with Crippen LogP contribution in [-0.2, 0) is 6.42 Å². The van der Waals surface area contributed by atoms with Crippen LogP contribution in [0, 0.1) is 0 Å². The number of hydrogen-bond acceptors (Lipinski definition) is 4. The van der Waals surface area contributed by atoms with E-state index in [1.807, 2.05) is 18.2 Å². The van der Waals surface area contributed by atoms with E-state index in [4.69, 9.17) is 4.74 Å². The first-order valence-electron chi connectivity index (χ1n) is 11.8. The molecule has 1 atom stereocenters. The molecule has 2 aliphatic rings. The Hall–Kier alpha value is -3.31. The number of benzene rings is 3. The van der Waals surface area contributed by atoms with Gasteiger partial charge in [-0.3, -0.25) is 9.69 Å². The second kappa shape index (κ2) is 9.28. The Bertz CT molecular complexity index is 1150. The average Bonchev–Trinajstić information content (AvgIpc) is 3.25. The standard InChI is InChI=1S/C28H31N3O2/c1-3-27(31-16-14-30(15-17-31)25-10-6-7-11-26(25)33-2)29-28(32)21-12-13-24-22(19-21)18-20-8-4-5-9-23(20)24/h4-13,19,27H,3,14-18H2,1-2H3,(H,29,32). The molecule has 0 bridgehead atoms. The number of amides is 1. The molecule has 0 aromatic heterocycles. The highest BCUT2D eigenvalue weighted by atomic mass is 16.5. The van der Waals surface area contributed by atoms with Crippen LogP contribution in [-0.4, -0.2) is 50.3 Å². The molecule has 3 aromatic rings. The highest BCUT2D eigenvalue weighted by Gasteiger charge is 2.26. The predicted molar refractivity (Wildman–Crippen MR) is 133 cm³/mol. The number of carbonyl (C=O) groups is 1. The van der Waals surface area contributed by atoms with Crippen LogP contribution in [0.4, 0.5) is 5.69 Å². The topological polar surface area (TPSA) is 44.8 Å². The summed E-state index contributed by atoms with van der Waals surface area (Å²) in [4.78, 5) is 17.9. The summed E-state index contributed by atoms with van der Waals surface area (Å²) in [5.74, 6) is 0.915. The van der Waals surface area contributed by atoms with Gasteiger partial charge in [-0.25, -0.2) is 0 Å². The van der Waals surface area contributed by atoms with Crippen LogP contribution in [0.3, 0.4) is 0 Å². The number of piperazine rings is 1. The second-order valence-electron chi connectivity index (χ2n) is 8.80. The molecule has 33 heavy (non-hydrogen) atoms. The summed E-state index contributed by atoms with van der Waals surface area (Å²) in [7, 11) is 1.72. The molecule has 5 nitrogen and oxygen atoms in total.